The minimum Gasteiger partial charge on any atom is -0.493 e. The molecule has 14 heavy (non-hydrogen) atoms. The van der Waals surface area contributed by atoms with Crippen molar-refractivity contribution in [2.75, 3.05) is 26.1 Å². The van der Waals surface area contributed by atoms with Gasteiger partial charge in [-0.15, -0.1) is 0 Å². The number of hydrogen-bond donors (Lipinski definition) is 0. The summed E-state index contributed by atoms with van der Waals surface area (Å²) in [4.78, 5) is 6.15. The standard InChI is InChI=1S/C9H14N2O.C2H6/c1-7-5-8(11(2)3)9(12-4)6-10-7;1-2/h5-6H,1-4H3;1-2H3. The van der Waals surface area contributed by atoms with Crippen molar-refractivity contribution < 1.29 is 4.74 Å². The Balaban J connectivity index is 0.000000791. The van der Waals surface area contributed by atoms with Crippen molar-refractivity contribution in [3.63, 3.8) is 0 Å². The Morgan fingerprint density at radius 2 is 1.86 bits per heavy atom. The van der Waals surface area contributed by atoms with Crippen LogP contribution in [0.1, 0.15) is 19.5 Å². The second-order valence-corrected chi connectivity index (χ2v) is 2.89. The average Bonchev–Trinajstić information content (AvgIpc) is 2.20. The molecule has 3 nitrogen and oxygen atoms in total. The van der Waals surface area contributed by atoms with Crippen molar-refractivity contribution in [3.05, 3.63) is 18.0 Å². The van der Waals surface area contributed by atoms with Gasteiger partial charge >= 0.3 is 0 Å². The lowest BCUT2D eigenvalue weighted by Gasteiger charge is -2.16. The molecule has 1 aromatic rings. The number of hydrogen-bond acceptors (Lipinski definition) is 3. The summed E-state index contributed by atoms with van der Waals surface area (Å²) in [5, 5.41) is 0. The van der Waals surface area contributed by atoms with Crippen molar-refractivity contribution in [3.8, 4) is 5.75 Å². The number of anilines is 1. The third-order valence-electron chi connectivity index (χ3n) is 1.69. The number of pyridine rings is 1. The molecule has 1 heterocycles. The van der Waals surface area contributed by atoms with Crippen LogP contribution in [0, 0.1) is 6.92 Å². The van der Waals surface area contributed by atoms with Gasteiger partial charge in [-0.3, -0.25) is 4.98 Å². The third kappa shape index (κ3) is 3.24. The van der Waals surface area contributed by atoms with E-state index < -0.39 is 0 Å². The van der Waals surface area contributed by atoms with E-state index in [1.165, 1.54) is 0 Å². The SMILES string of the molecule is CC.COc1cnc(C)cc1N(C)C. The van der Waals surface area contributed by atoms with Crippen LogP contribution in [-0.2, 0) is 0 Å². The van der Waals surface area contributed by atoms with Crippen LogP contribution in [-0.4, -0.2) is 26.2 Å². The highest BCUT2D eigenvalue weighted by Gasteiger charge is 2.04. The summed E-state index contributed by atoms with van der Waals surface area (Å²) in [6.45, 7) is 5.96. The lowest BCUT2D eigenvalue weighted by Crippen LogP contribution is -2.10. The molecule has 3 heteroatoms. The second kappa shape index (κ2) is 6.24. The Kier molecular flexibility index (Phi) is 5.68. The Morgan fingerprint density at radius 3 is 2.29 bits per heavy atom. The van der Waals surface area contributed by atoms with Crippen LogP contribution in [0.25, 0.3) is 0 Å². The predicted octanol–water partition coefficient (Wildman–Crippen LogP) is 2.49. The molecule has 1 aromatic heterocycles. The first-order valence-electron chi connectivity index (χ1n) is 4.83. The van der Waals surface area contributed by atoms with E-state index in [0.29, 0.717) is 0 Å². The number of aromatic nitrogens is 1. The monoisotopic (exact) mass is 196 g/mol. The highest BCUT2D eigenvalue weighted by Crippen LogP contribution is 2.25. The largest absolute Gasteiger partial charge is 0.493 e. The van der Waals surface area contributed by atoms with Gasteiger partial charge in [0, 0.05) is 19.8 Å². The van der Waals surface area contributed by atoms with Crippen molar-refractivity contribution in [1.82, 2.24) is 4.98 Å². The predicted molar refractivity (Wildman–Crippen MR) is 61.2 cm³/mol. The van der Waals surface area contributed by atoms with Crippen molar-refractivity contribution in [2.45, 2.75) is 20.8 Å². The van der Waals surface area contributed by atoms with Gasteiger partial charge in [-0.1, -0.05) is 13.8 Å². The molecule has 0 saturated carbocycles. The van der Waals surface area contributed by atoms with Gasteiger partial charge in [-0.25, -0.2) is 0 Å². The maximum atomic E-state index is 5.16. The zero-order valence-corrected chi connectivity index (χ0v) is 9.96. The minimum atomic E-state index is 0.811. The van der Waals surface area contributed by atoms with Crippen molar-refractivity contribution in [1.29, 1.82) is 0 Å². The molecule has 0 bridgehead atoms. The van der Waals surface area contributed by atoms with E-state index in [1.807, 2.05) is 45.8 Å². The maximum Gasteiger partial charge on any atom is 0.160 e. The van der Waals surface area contributed by atoms with Crippen LogP contribution >= 0.6 is 0 Å². The zero-order chi connectivity index (χ0) is 11.1. The molecular weight excluding hydrogens is 176 g/mol. The van der Waals surface area contributed by atoms with Crippen molar-refractivity contribution >= 4 is 5.69 Å². The molecular formula is C11H20N2O. The Bertz CT molecular complexity index is 272. The van der Waals surface area contributed by atoms with Gasteiger partial charge in [0.05, 0.1) is 19.0 Å². The van der Waals surface area contributed by atoms with E-state index >= 15 is 0 Å². The molecule has 1 rings (SSSR count). The fourth-order valence-electron chi connectivity index (χ4n) is 1.04. The number of ether oxygens (including phenoxy) is 1. The van der Waals surface area contributed by atoms with Crippen LogP contribution in [0.3, 0.4) is 0 Å². The molecule has 80 valence electrons. The summed E-state index contributed by atoms with van der Waals surface area (Å²) < 4.78 is 5.16. The van der Waals surface area contributed by atoms with Gasteiger partial charge in [-0.2, -0.15) is 0 Å². The first-order chi connectivity index (χ1) is 6.65. The molecule has 0 aliphatic heterocycles. The van der Waals surface area contributed by atoms with E-state index in [1.54, 1.807) is 13.3 Å². The highest BCUT2D eigenvalue weighted by atomic mass is 16.5. The van der Waals surface area contributed by atoms with Crippen LogP contribution in [0.15, 0.2) is 12.3 Å². The fourth-order valence-corrected chi connectivity index (χ4v) is 1.04. The summed E-state index contributed by atoms with van der Waals surface area (Å²) in [5.74, 6) is 0.811. The fraction of sp³-hybridized carbons (Fsp3) is 0.545. The summed E-state index contributed by atoms with van der Waals surface area (Å²) in [5.41, 5.74) is 2.06. The van der Waals surface area contributed by atoms with Crippen LogP contribution < -0.4 is 9.64 Å². The summed E-state index contributed by atoms with van der Waals surface area (Å²) in [6.07, 6.45) is 1.74. The van der Waals surface area contributed by atoms with Gasteiger partial charge < -0.3 is 9.64 Å². The minimum absolute atomic E-state index is 0.811. The number of aryl methyl sites for hydroxylation is 1. The normalized spacial score (nSPS) is 8.71. The van der Waals surface area contributed by atoms with Crippen LogP contribution in [0.2, 0.25) is 0 Å². The Labute approximate surface area is 86.7 Å². The number of rotatable bonds is 2. The molecule has 0 spiro atoms. The molecule has 0 saturated heterocycles. The average molecular weight is 196 g/mol. The van der Waals surface area contributed by atoms with E-state index in [4.69, 9.17) is 4.74 Å². The second-order valence-electron chi connectivity index (χ2n) is 2.89. The van der Waals surface area contributed by atoms with Crippen LogP contribution in [0.4, 0.5) is 5.69 Å². The molecule has 0 atom stereocenters. The molecule has 0 amide bonds. The Hall–Kier alpha value is -1.25. The first kappa shape index (κ1) is 12.8. The topological polar surface area (TPSA) is 25.4 Å². The van der Waals surface area contributed by atoms with E-state index in [-0.39, 0.29) is 0 Å². The summed E-state index contributed by atoms with van der Waals surface area (Å²) >= 11 is 0. The number of nitrogens with zero attached hydrogens (tertiary/aromatic N) is 2. The third-order valence-corrected chi connectivity index (χ3v) is 1.69. The quantitative estimate of drug-likeness (QED) is 0.726. The zero-order valence-electron chi connectivity index (χ0n) is 9.96. The Morgan fingerprint density at radius 1 is 1.29 bits per heavy atom. The van der Waals surface area contributed by atoms with E-state index in [0.717, 1.165) is 17.1 Å². The molecule has 0 radical (unpaired) electrons. The van der Waals surface area contributed by atoms with Gasteiger partial charge in [0.2, 0.25) is 0 Å². The summed E-state index contributed by atoms with van der Waals surface area (Å²) in [7, 11) is 5.62. The smallest absolute Gasteiger partial charge is 0.160 e. The van der Waals surface area contributed by atoms with E-state index in [9.17, 15) is 0 Å². The lowest BCUT2D eigenvalue weighted by molar-refractivity contribution is 0.413. The van der Waals surface area contributed by atoms with Gasteiger partial charge in [0.1, 0.15) is 0 Å². The molecule has 0 N–H and O–H groups in total. The van der Waals surface area contributed by atoms with Crippen molar-refractivity contribution in [2.24, 2.45) is 0 Å². The molecule has 0 unspecified atom stereocenters. The number of methoxy groups -OCH3 is 1. The highest BCUT2D eigenvalue weighted by molar-refractivity contribution is 5.56. The molecule has 0 aliphatic carbocycles. The van der Waals surface area contributed by atoms with Gasteiger partial charge in [-0.05, 0) is 13.0 Å². The van der Waals surface area contributed by atoms with Crippen LogP contribution in [0.5, 0.6) is 5.75 Å². The molecule has 0 fully saturated rings. The molecule has 0 aliphatic rings. The van der Waals surface area contributed by atoms with Gasteiger partial charge in [0.15, 0.2) is 5.75 Å². The van der Waals surface area contributed by atoms with Gasteiger partial charge in [0.25, 0.3) is 0 Å². The van der Waals surface area contributed by atoms with E-state index in [2.05, 4.69) is 4.98 Å². The summed E-state index contributed by atoms with van der Waals surface area (Å²) in [6, 6.07) is 2.00. The first-order valence-corrected chi connectivity index (χ1v) is 4.83. The maximum absolute atomic E-state index is 5.16. The molecule has 0 aromatic carbocycles. The lowest BCUT2D eigenvalue weighted by atomic mass is 10.3.